The van der Waals surface area contributed by atoms with Crippen LogP contribution in [-0.2, 0) is 26.6 Å². The van der Waals surface area contributed by atoms with E-state index in [1.54, 1.807) is 0 Å². The minimum atomic E-state index is -2.06. The molecule has 3 rings (SSSR count). The molecule has 28 heavy (non-hydrogen) atoms. The molecule has 0 spiro atoms. The standard InChI is InChI=1S/C18H39NO6Si3/c1-20-26(21-2)10-7-16(13-26)19(17-8-11-27(14-17,22-3)23-4)18-9-12-28(15-18,24-5)25-6/h16-18H,7-15H2,1-6H3. The highest BCUT2D eigenvalue weighted by atomic mass is 28.4. The lowest BCUT2D eigenvalue weighted by Gasteiger charge is -2.40. The van der Waals surface area contributed by atoms with Gasteiger partial charge in [0.2, 0.25) is 0 Å². The predicted molar refractivity (Wildman–Crippen MR) is 115 cm³/mol. The minimum Gasteiger partial charge on any atom is -0.398 e. The fourth-order valence-electron chi connectivity index (χ4n) is 5.87. The van der Waals surface area contributed by atoms with Gasteiger partial charge in [-0.1, -0.05) is 0 Å². The summed E-state index contributed by atoms with van der Waals surface area (Å²) >= 11 is 0. The molecule has 0 radical (unpaired) electrons. The normalized spacial score (nSPS) is 33.8. The van der Waals surface area contributed by atoms with E-state index < -0.39 is 25.7 Å². The molecule has 0 aliphatic carbocycles. The Labute approximate surface area is 173 Å². The summed E-state index contributed by atoms with van der Waals surface area (Å²) in [6.45, 7) is 0. The highest BCUT2D eigenvalue weighted by molar-refractivity contribution is 6.69. The molecule has 3 atom stereocenters. The van der Waals surface area contributed by atoms with E-state index in [9.17, 15) is 0 Å². The van der Waals surface area contributed by atoms with Gasteiger partial charge in [-0.25, -0.2) is 0 Å². The highest BCUT2D eigenvalue weighted by Gasteiger charge is 2.55. The molecule has 0 N–H and O–H groups in total. The highest BCUT2D eigenvalue weighted by Crippen LogP contribution is 2.45. The summed E-state index contributed by atoms with van der Waals surface area (Å²) in [7, 11) is 4.80. The Bertz CT molecular complexity index is 444. The first kappa shape index (κ1) is 23.0. The van der Waals surface area contributed by atoms with E-state index in [0.29, 0.717) is 18.1 Å². The summed E-state index contributed by atoms with van der Waals surface area (Å²) in [6, 6.07) is 7.93. The smallest absolute Gasteiger partial charge is 0.339 e. The van der Waals surface area contributed by atoms with Crippen LogP contribution in [0.5, 0.6) is 0 Å². The summed E-state index contributed by atoms with van der Waals surface area (Å²) in [5.41, 5.74) is 0. The van der Waals surface area contributed by atoms with Gasteiger partial charge in [-0.3, -0.25) is 4.90 Å². The summed E-state index contributed by atoms with van der Waals surface area (Å²) < 4.78 is 35.6. The van der Waals surface area contributed by atoms with Gasteiger partial charge in [0.05, 0.1) is 0 Å². The topological polar surface area (TPSA) is 58.6 Å². The fraction of sp³-hybridized carbons (Fsp3) is 1.00. The van der Waals surface area contributed by atoms with Crippen molar-refractivity contribution in [2.75, 3.05) is 42.7 Å². The monoisotopic (exact) mass is 449 g/mol. The van der Waals surface area contributed by atoms with Crippen LogP contribution in [0.3, 0.4) is 0 Å². The molecule has 3 saturated heterocycles. The van der Waals surface area contributed by atoms with Crippen LogP contribution in [0.15, 0.2) is 0 Å². The Kier molecular flexibility index (Phi) is 7.61. The average Bonchev–Trinajstić information content (AvgIpc) is 3.47. The second-order valence-corrected chi connectivity index (χ2v) is 19.2. The molecule has 3 unspecified atom stereocenters. The van der Waals surface area contributed by atoms with Gasteiger partial charge in [0, 0.05) is 78.9 Å². The lowest BCUT2D eigenvalue weighted by molar-refractivity contribution is 0.101. The van der Waals surface area contributed by atoms with Crippen LogP contribution < -0.4 is 0 Å². The molecule has 7 nitrogen and oxygen atoms in total. The molecule has 3 aliphatic rings. The van der Waals surface area contributed by atoms with Crippen molar-refractivity contribution in [1.82, 2.24) is 4.90 Å². The number of hydrogen-bond acceptors (Lipinski definition) is 7. The molecule has 0 bridgehead atoms. The van der Waals surface area contributed by atoms with Crippen LogP contribution in [-0.4, -0.2) is 91.4 Å². The Morgan fingerprint density at radius 2 is 0.750 bits per heavy atom. The largest absolute Gasteiger partial charge is 0.398 e. The van der Waals surface area contributed by atoms with Crippen molar-refractivity contribution in [3.8, 4) is 0 Å². The summed E-state index contributed by atoms with van der Waals surface area (Å²) in [6.07, 6.45) is 3.47. The Morgan fingerprint density at radius 1 is 0.500 bits per heavy atom. The van der Waals surface area contributed by atoms with Gasteiger partial charge < -0.3 is 26.6 Å². The first-order valence-corrected chi connectivity index (χ1v) is 17.2. The van der Waals surface area contributed by atoms with Crippen LogP contribution >= 0.6 is 0 Å². The summed E-state index contributed by atoms with van der Waals surface area (Å²) in [5, 5.41) is 0. The molecule has 3 heterocycles. The predicted octanol–water partition coefficient (Wildman–Crippen LogP) is 2.81. The average molecular weight is 450 g/mol. The fourth-order valence-corrected chi connectivity index (χ4v) is 14.9. The maximum atomic E-state index is 5.93. The van der Waals surface area contributed by atoms with Gasteiger partial charge in [-0.2, -0.15) is 0 Å². The van der Waals surface area contributed by atoms with Crippen molar-refractivity contribution in [2.45, 2.75) is 73.7 Å². The van der Waals surface area contributed by atoms with E-state index in [-0.39, 0.29) is 0 Å². The first-order chi connectivity index (χ1) is 13.4. The number of nitrogens with zero attached hydrogens (tertiary/aromatic N) is 1. The molecule has 0 aromatic carbocycles. The van der Waals surface area contributed by atoms with Crippen molar-refractivity contribution in [1.29, 1.82) is 0 Å². The molecule has 0 aromatic heterocycles. The maximum Gasteiger partial charge on any atom is 0.339 e. The second-order valence-electron chi connectivity index (χ2n) is 8.59. The lowest BCUT2D eigenvalue weighted by Crippen LogP contribution is -2.51. The van der Waals surface area contributed by atoms with Crippen LogP contribution in [0.2, 0.25) is 36.3 Å². The zero-order valence-electron chi connectivity index (χ0n) is 18.5. The van der Waals surface area contributed by atoms with Crippen LogP contribution in [0.25, 0.3) is 0 Å². The third kappa shape index (κ3) is 4.23. The van der Waals surface area contributed by atoms with Crippen LogP contribution in [0.4, 0.5) is 0 Å². The molecule has 0 saturated carbocycles. The van der Waals surface area contributed by atoms with Crippen molar-refractivity contribution >= 4 is 25.7 Å². The van der Waals surface area contributed by atoms with Gasteiger partial charge in [0.15, 0.2) is 0 Å². The molecule has 3 fully saturated rings. The Hall–Kier alpha value is 0.371. The summed E-state index contributed by atoms with van der Waals surface area (Å²) in [4.78, 5) is 2.81. The number of rotatable bonds is 9. The molecule has 0 amide bonds. The van der Waals surface area contributed by atoms with Crippen LogP contribution in [0.1, 0.15) is 19.3 Å². The first-order valence-electron chi connectivity index (χ1n) is 10.5. The van der Waals surface area contributed by atoms with Gasteiger partial charge in [0.25, 0.3) is 0 Å². The molecule has 10 heteroatoms. The second kappa shape index (κ2) is 9.25. The van der Waals surface area contributed by atoms with E-state index in [1.165, 1.54) is 0 Å². The third-order valence-electron chi connectivity index (χ3n) is 7.71. The van der Waals surface area contributed by atoms with Gasteiger partial charge in [0.1, 0.15) is 0 Å². The molecule has 3 aliphatic heterocycles. The lowest BCUT2D eigenvalue weighted by atomic mass is 10.1. The van der Waals surface area contributed by atoms with Gasteiger partial charge in [-0.15, -0.1) is 0 Å². The zero-order valence-corrected chi connectivity index (χ0v) is 21.5. The Balaban J connectivity index is 1.82. The SMILES string of the molecule is CO[Si]1(OC)CCC(N(C2CC[Si](OC)(OC)C2)C2CC[Si](OC)(OC)C2)C1. The Morgan fingerprint density at radius 3 is 0.929 bits per heavy atom. The zero-order chi connectivity index (χ0) is 20.4. The summed E-state index contributed by atoms with van der Waals surface area (Å²) in [5.74, 6) is 0. The van der Waals surface area contributed by atoms with Crippen molar-refractivity contribution in [3.63, 3.8) is 0 Å². The van der Waals surface area contributed by atoms with Crippen LogP contribution in [0, 0.1) is 0 Å². The minimum absolute atomic E-state index is 0.513. The number of hydrogen-bond donors (Lipinski definition) is 0. The third-order valence-corrected chi connectivity index (χ3v) is 18.6. The molecule has 0 aromatic rings. The van der Waals surface area contributed by atoms with Crippen molar-refractivity contribution in [2.24, 2.45) is 0 Å². The maximum absolute atomic E-state index is 5.93. The quantitative estimate of drug-likeness (QED) is 0.502. The van der Waals surface area contributed by atoms with Gasteiger partial charge >= 0.3 is 25.7 Å². The van der Waals surface area contributed by atoms with Gasteiger partial charge in [-0.05, 0) is 37.4 Å². The van der Waals surface area contributed by atoms with E-state index in [1.807, 2.05) is 42.7 Å². The molecule has 164 valence electrons. The van der Waals surface area contributed by atoms with Crippen molar-refractivity contribution < 1.29 is 26.6 Å². The van der Waals surface area contributed by atoms with Crippen molar-refractivity contribution in [3.05, 3.63) is 0 Å². The molecular weight excluding hydrogens is 410 g/mol. The molecular formula is C18H39NO6Si3. The van der Waals surface area contributed by atoms with E-state index in [0.717, 1.165) is 55.5 Å². The van der Waals surface area contributed by atoms with E-state index in [2.05, 4.69) is 4.90 Å². The van der Waals surface area contributed by atoms with E-state index in [4.69, 9.17) is 26.6 Å². The van der Waals surface area contributed by atoms with E-state index >= 15 is 0 Å².